The van der Waals surface area contributed by atoms with Crippen molar-refractivity contribution in [1.82, 2.24) is 10.2 Å². The van der Waals surface area contributed by atoms with Crippen molar-refractivity contribution in [2.24, 2.45) is 11.1 Å². The van der Waals surface area contributed by atoms with Crippen LogP contribution < -0.4 is 10.0 Å². The molecule has 0 spiro atoms. The summed E-state index contributed by atoms with van der Waals surface area (Å²) < 4.78 is 63.1. The fraction of sp³-hybridized carbons (Fsp3) is 0.625. The number of carbonyl (C=O) groups is 1. The van der Waals surface area contributed by atoms with E-state index in [4.69, 9.17) is 5.14 Å². The number of nitrogens with two attached hydrogens (primary N) is 1. The Bertz CT molecular complexity index is 626. The van der Waals surface area contributed by atoms with E-state index in [0.29, 0.717) is 0 Å². The number of nitrogens with zero attached hydrogens (tertiary/aromatic N) is 3. The number of rotatable bonds is 3. The topological polar surface area (TPSA) is 119 Å². The lowest BCUT2D eigenvalue weighted by molar-refractivity contribution is -0.157. The summed E-state index contributed by atoms with van der Waals surface area (Å²) in [7, 11) is -3.78. The highest BCUT2D eigenvalue weighted by Crippen LogP contribution is 2.31. The Kier molecular flexibility index (Phi) is 3.46. The normalized spacial score (nSPS) is 20.7. The van der Waals surface area contributed by atoms with E-state index < -0.39 is 45.7 Å². The second-order valence-electron chi connectivity index (χ2n) is 4.29. The predicted octanol–water partition coefficient (Wildman–Crippen LogP) is -0.270. The maximum Gasteiger partial charge on any atom is 0.470 e. The molecular weight excluding hydrogens is 305 g/mol. The van der Waals surface area contributed by atoms with Gasteiger partial charge in [0.15, 0.2) is 0 Å². The summed E-state index contributed by atoms with van der Waals surface area (Å²) in [4.78, 5) is 12.4. The van der Waals surface area contributed by atoms with Gasteiger partial charge in [-0.25, -0.2) is 13.6 Å². The van der Waals surface area contributed by atoms with Gasteiger partial charge in [-0.2, -0.15) is 13.2 Å². The van der Waals surface area contributed by atoms with Gasteiger partial charge in [-0.1, -0.05) is 5.10 Å². The van der Waals surface area contributed by atoms with Crippen molar-refractivity contribution >= 4 is 21.9 Å². The van der Waals surface area contributed by atoms with E-state index in [1.54, 1.807) is 0 Å². The standard InChI is InChI=1S/C8H9F3N4O4S/c9-8(10,11)6-13-14-7(19-6)15-2-4(1-5(15)16)3-20(12,17)18/h4H,1-3H2,(H2,12,17,18). The summed E-state index contributed by atoms with van der Waals surface area (Å²) in [5.41, 5.74) is 0. The molecule has 1 unspecified atom stereocenters. The molecule has 1 aliphatic heterocycles. The first kappa shape index (κ1) is 14.7. The van der Waals surface area contributed by atoms with Crippen LogP contribution in [0.4, 0.5) is 19.2 Å². The van der Waals surface area contributed by atoms with Crippen molar-refractivity contribution in [2.75, 3.05) is 17.2 Å². The first-order chi connectivity index (χ1) is 9.06. The lowest BCUT2D eigenvalue weighted by atomic mass is 10.1. The smallest absolute Gasteiger partial charge is 0.399 e. The molecule has 1 saturated heterocycles. The van der Waals surface area contributed by atoms with Crippen LogP contribution in [-0.4, -0.2) is 36.8 Å². The van der Waals surface area contributed by atoms with Crippen LogP contribution in [0.3, 0.4) is 0 Å². The van der Waals surface area contributed by atoms with Gasteiger partial charge in [-0.15, -0.1) is 5.10 Å². The van der Waals surface area contributed by atoms with Gasteiger partial charge < -0.3 is 4.42 Å². The van der Waals surface area contributed by atoms with Crippen molar-refractivity contribution in [1.29, 1.82) is 0 Å². The number of alkyl halides is 3. The molecule has 1 aromatic rings. The van der Waals surface area contributed by atoms with Gasteiger partial charge in [0.2, 0.25) is 15.9 Å². The molecule has 1 amide bonds. The van der Waals surface area contributed by atoms with E-state index in [1.807, 2.05) is 0 Å². The predicted molar refractivity (Wildman–Crippen MR) is 57.7 cm³/mol. The van der Waals surface area contributed by atoms with Crippen molar-refractivity contribution in [2.45, 2.75) is 12.6 Å². The molecule has 0 aliphatic carbocycles. The number of halogens is 3. The van der Waals surface area contributed by atoms with Crippen molar-refractivity contribution in [3.05, 3.63) is 5.89 Å². The molecule has 0 bridgehead atoms. The zero-order chi connectivity index (χ0) is 15.1. The molecule has 8 nitrogen and oxygen atoms in total. The first-order valence-corrected chi connectivity index (χ1v) is 6.99. The third-order valence-corrected chi connectivity index (χ3v) is 3.50. The molecular formula is C8H9F3N4O4S. The molecule has 1 aliphatic rings. The van der Waals surface area contributed by atoms with Crippen LogP contribution in [0, 0.1) is 5.92 Å². The molecule has 0 radical (unpaired) electrons. The number of carbonyl (C=O) groups excluding carboxylic acids is 1. The summed E-state index contributed by atoms with van der Waals surface area (Å²) in [6, 6.07) is -0.612. The molecule has 112 valence electrons. The van der Waals surface area contributed by atoms with E-state index in [0.717, 1.165) is 4.90 Å². The minimum absolute atomic E-state index is 0.144. The monoisotopic (exact) mass is 314 g/mol. The van der Waals surface area contributed by atoms with Crippen LogP contribution in [0.25, 0.3) is 0 Å². The zero-order valence-electron chi connectivity index (χ0n) is 9.79. The average Bonchev–Trinajstić information content (AvgIpc) is 2.81. The third-order valence-electron chi connectivity index (χ3n) is 2.56. The lowest BCUT2D eigenvalue weighted by Crippen LogP contribution is -2.27. The third kappa shape index (κ3) is 3.25. The summed E-state index contributed by atoms with van der Waals surface area (Å²) in [6.07, 6.45) is -4.98. The highest BCUT2D eigenvalue weighted by atomic mass is 32.2. The van der Waals surface area contributed by atoms with Crippen molar-refractivity contribution < 1.29 is 30.8 Å². The molecule has 0 saturated carbocycles. The molecule has 1 fully saturated rings. The van der Waals surface area contributed by atoms with Crippen molar-refractivity contribution in [3.63, 3.8) is 0 Å². The molecule has 1 atom stereocenters. The molecule has 20 heavy (non-hydrogen) atoms. The number of amides is 1. The quantitative estimate of drug-likeness (QED) is 0.820. The highest BCUT2D eigenvalue weighted by Gasteiger charge is 2.41. The minimum Gasteiger partial charge on any atom is -0.399 e. The highest BCUT2D eigenvalue weighted by molar-refractivity contribution is 7.89. The average molecular weight is 314 g/mol. The van der Waals surface area contributed by atoms with E-state index in [2.05, 4.69) is 14.6 Å². The number of aromatic nitrogens is 2. The number of hydrogen-bond donors (Lipinski definition) is 1. The van der Waals surface area contributed by atoms with Crippen LogP contribution in [0.15, 0.2) is 4.42 Å². The van der Waals surface area contributed by atoms with Crippen LogP contribution in [0.2, 0.25) is 0 Å². The van der Waals surface area contributed by atoms with Gasteiger partial charge >= 0.3 is 18.1 Å². The van der Waals surface area contributed by atoms with Gasteiger partial charge in [0, 0.05) is 18.9 Å². The van der Waals surface area contributed by atoms with Crippen LogP contribution >= 0.6 is 0 Å². The van der Waals surface area contributed by atoms with Crippen LogP contribution in [0.5, 0.6) is 0 Å². The molecule has 2 N–H and O–H groups in total. The fourth-order valence-corrected chi connectivity index (χ4v) is 2.73. The van der Waals surface area contributed by atoms with Crippen LogP contribution in [-0.2, 0) is 21.0 Å². The van der Waals surface area contributed by atoms with E-state index in [1.165, 1.54) is 0 Å². The number of sulfonamides is 1. The second-order valence-corrected chi connectivity index (χ2v) is 5.95. The summed E-state index contributed by atoms with van der Waals surface area (Å²) in [5.74, 6) is -3.25. The van der Waals surface area contributed by atoms with Gasteiger partial charge in [0.1, 0.15) is 0 Å². The number of hydrogen-bond acceptors (Lipinski definition) is 6. The van der Waals surface area contributed by atoms with Gasteiger partial charge in [0.25, 0.3) is 0 Å². The SMILES string of the molecule is NS(=O)(=O)CC1CC(=O)N(c2nnc(C(F)(F)F)o2)C1. The number of primary sulfonamides is 1. The summed E-state index contributed by atoms with van der Waals surface area (Å²) in [5, 5.41) is 10.8. The molecule has 12 heteroatoms. The molecule has 0 aromatic carbocycles. The van der Waals surface area contributed by atoms with Gasteiger partial charge in [-0.3, -0.25) is 9.69 Å². The Balaban J connectivity index is 2.14. The zero-order valence-corrected chi connectivity index (χ0v) is 10.6. The largest absolute Gasteiger partial charge is 0.470 e. The first-order valence-electron chi connectivity index (χ1n) is 5.28. The van der Waals surface area contributed by atoms with E-state index >= 15 is 0 Å². The second kappa shape index (κ2) is 4.70. The van der Waals surface area contributed by atoms with Gasteiger partial charge in [-0.05, 0) is 0 Å². The Labute approximate surface area is 110 Å². The summed E-state index contributed by atoms with van der Waals surface area (Å²) >= 11 is 0. The Morgan fingerprint density at radius 3 is 2.55 bits per heavy atom. The molecule has 2 heterocycles. The molecule has 2 rings (SSSR count). The van der Waals surface area contributed by atoms with Crippen molar-refractivity contribution in [3.8, 4) is 0 Å². The maximum absolute atomic E-state index is 12.3. The Morgan fingerprint density at radius 2 is 2.05 bits per heavy atom. The van der Waals surface area contributed by atoms with Gasteiger partial charge in [0.05, 0.1) is 5.75 Å². The number of anilines is 1. The van der Waals surface area contributed by atoms with E-state index in [-0.39, 0.29) is 13.0 Å². The molecule has 1 aromatic heterocycles. The maximum atomic E-state index is 12.3. The van der Waals surface area contributed by atoms with Crippen LogP contribution in [0.1, 0.15) is 12.3 Å². The Morgan fingerprint density at radius 1 is 1.40 bits per heavy atom. The minimum atomic E-state index is -4.81. The fourth-order valence-electron chi connectivity index (χ4n) is 1.85. The van der Waals surface area contributed by atoms with E-state index in [9.17, 15) is 26.4 Å². The lowest BCUT2D eigenvalue weighted by Gasteiger charge is -2.10. The Hall–Kier alpha value is -1.69. The summed E-state index contributed by atoms with van der Waals surface area (Å²) in [6.45, 7) is -0.144.